The molecule has 1 fully saturated rings. The third-order valence-corrected chi connectivity index (χ3v) is 9.30. The van der Waals surface area contributed by atoms with Crippen LogP contribution in [0.1, 0.15) is 106 Å². The first kappa shape index (κ1) is 34.2. The summed E-state index contributed by atoms with van der Waals surface area (Å²) < 4.78 is 11.4. The molecule has 0 amide bonds. The van der Waals surface area contributed by atoms with Gasteiger partial charge >= 0.3 is 11.9 Å². The molecule has 7 nitrogen and oxygen atoms in total. The number of ketones is 1. The molecular formula is C38H50N2O5. The average molecular weight is 615 g/mol. The number of hydrogen-bond acceptors (Lipinski definition) is 7. The fourth-order valence-corrected chi connectivity index (χ4v) is 7.25. The Balaban J connectivity index is 1.52. The van der Waals surface area contributed by atoms with Crippen molar-refractivity contribution >= 4 is 17.7 Å². The van der Waals surface area contributed by atoms with E-state index in [9.17, 15) is 14.4 Å². The first-order valence-electron chi connectivity index (χ1n) is 16.3. The lowest BCUT2D eigenvalue weighted by Gasteiger charge is -2.35. The van der Waals surface area contributed by atoms with Crippen LogP contribution in [0.3, 0.4) is 0 Å². The minimum atomic E-state index is -0.806. The zero-order valence-corrected chi connectivity index (χ0v) is 28.1. The predicted octanol–water partition coefficient (Wildman–Crippen LogP) is 7.30. The number of ether oxygens (including phenoxy) is 2. The molecule has 2 aliphatic rings. The second-order valence-corrected chi connectivity index (χ2v) is 13.4. The summed E-state index contributed by atoms with van der Waals surface area (Å²) in [5.74, 6) is -0.679. The molecule has 45 heavy (non-hydrogen) atoms. The Labute approximate surface area is 269 Å². The maximum Gasteiger partial charge on any atom is 0.337 e. The summed E-state index contributed by atoms with van der Waals surface area (Å²) in [5, 5.41) is 3.20. The molecule has 1 saturated carbocycles. The van der Waals surface area contributed by atoms with E-state index in [1.54, 1.807) is 25.1 Å². The van der Waals surface area contributed by atoms with Crippen LogP contribution in [0.25, 0.3) is 0 Å². The first-order valence-corrected chi connectivity index (χ1v) is 16.3. The highest BCUT2D eigenvalue weighted by Gasteiger charge is 2.40. The fourth-order valence-electron chi connectivity index (χ4n) is 7.25. The number of allylic oxidation sites excluding steroid dienone is 2. The lowest BCUT2D eigenvalue weighted by Crippen LogP contribution is -2.42. The van der Waals surface area contributed by atoms with Crippen LogP contribution in [0.15, 0.2) is 77.1 Å². The molecule has 1 aliphatic carbocycles. The van der Waals surface area contributed by atoms with E-state index in [-0.39, 0.29) is 5.78 Å². The lowest BCUT2D eigenvalue weighted by molar-refractivity contribution is -0.153. The number of carbonyl (C=O) groups is 3. The van der Waals surface area contributed by atoms with Crippen molar-refractivity contribution in [3.05, 3.63) is 93.8 Å². The van der Waals surface area contributed by atoms with Crippen molar-refractivity contribution in [3.63, 3.8) is 0 Å². The maximum absolute atomic E-state index is 14.0. The third kappa shape index (κ3) is 8.51. The van der Waals surface area contributed by atoms with Crippen molar-refractivity contribution in [2.75, 3.05) is 27.2 Å². The van der Waals surface area contributed by atoms with Crippen molar-refractivity contribution in [2.45, 2.75) is 90.6 Å². The lowest BCUT2D eigenvalue weighted by atomic mass is 9.75. The molecule has 4 rings (SSSR count). The monoisotopic (exact) mass is 614 g/mol. The molecule has 1 N–H and O–H groups in total. The van der Waals surface area contributed by atoms with Crippen molar-refractivity contribution in [2.24, 2.45) is 5.92 Å². The van der Waals surface area contributed by atoms with Crippen LogP contribution in [0.4, 0.5) is 0 Å². The van der Waals surface area contributed by atoms with Crippen molar-refractivity contribution in [1.82, 2.24) is 10.2 Å². The number of esters is 2. The van der Waals surface area contributed by atoms with Gasteiger partial charge in [0.15, 0.2) is 5.78 Å². The SMILES string of the molecule is COC(=O)C1=C(C)NC(C)=C(C(=O)OC(C)(C)CN(C)CCC(c2ccccc2)C2CCCCC2)C1c1cccc(C(C)=O)c1. The Hall–Kier alpha value is -3.71. The number of benzene rings is 2. The molecule has 0 aromatic heterocycles. The Bertz CT molecular complexity index is 1440. The highest BCUT2D eigenvalue weighted by Crippen LogP contribution is 2.41. The summed E-state index contributed by atoms with van der Waals surface area (Å²) in [5.41, 5.74) is 3.62. The number of carbonyl (C=O) groups excluding carboxylic acids is 3. The summed E-state index contributed by atoms with van der Waals surface area (Å²) in [6, 6.07) is 18.0. The number of hydrogen-bond donors (Lipinski definition) is 1. The number of nitrogens with zero attached hydrogens (tertiary/aromatic N) is 1. The topological polar surface area (TPSA) is 84.9 Å². The van der Waals surface area contributed by atoms with Gasteiger partial charge in [0, 0.05) is 23.5 Å². The molecule has 242 valence electrons. The number of dihydropyridines is 1. The molecule has 1 aliphatic heterocycles. The highest BCUT2D eigenvalue weighted by molar-refractivity contribution is 6.00. The number of nitrogens with one attached hydrogen (secondary N) is 1. The van der Waals surface area contributed by atoms with E-state index in [4.69, 9.17) is 9.47 Å². The Morgan fingerprint density at radius 2 is 1.58 bits per heavy atom. The van der Waals surface area contributed by atoms with Gasteiger partial charge in [-0.05, 0) is 96.5 Å². The molecule has 2 aromatic carbocycles. The van der Waals surface area contributed by atoms with Crippen LogP contribution in [-0.2, 0) is 19.1 Å². The second kappa shape index (κ2) is 15.0. The van der Waals surface area contributed by atoms with Gasteiger partial charge < -0.3 is 19.7 Å². The molecule has 0 saturated heterocycles. The first-order chi connectivity index (χ1) is 21.4. The van der Waals surface area contributed by atoms with E-state index < -0.39 is 23.5 Å². The van der Waals surface area contributed by atoms with Crippen molar-refractivity contribution in [3.8, 4) is 0 Å². The Kier molecular flexibility index (Phi) is 11.4. The molecule has 1 heterocycles. The van der Waals surface area contributed by atoms with Crippen molar-refractivity contribution < 1.29 is 23.9 Å². The molecule has 2 atom stereocenters. The number of rotatable bonds is 12. The fraction of sp³-hybridized carbons (Fsp3) is 0.500. The van der Waals surface area contributed by atoms with Gasteiger partial charge in [0.25, 0.3) is 0 Å². The van der Waals surface area contributed by atoms with Gasteiger partial charge in [-0.25, -0.2) is 9.59 Å². The van der Waals surface area contributed by atoms with E-state index in [1.165, 1.54) is 51.7 Å². The highest BCUT2D eigenvalue weighted by atomic mass is 16.6. The van der Waals surface area contributed by atoms with Crippen LogP contribution >= 0.6 is 0 Å². The van der Waals surface area contributed by atoms with Gasteiger partial charge in [0.1, 0.15) is 5.60 Å². The molecule has 2 aromatic rings. The molecular weight excluding hydrogens is 564 g/mol. The zero-order valence-electron chi connectivity index (χ0n) is 28.1. The van der Waals surface area contributed by atoms with Crippen LogP contribution in [0, 0.1) is 5.92 Å². The van der Waals surface area contributed by atoms with Crippen LogP contribution in [-0.4, -0.2) is 55.5 Å². The summed E-state index contributed by atoms with van der Waals surface area (Å²) in [4.78, 5) is 41.6. The summed E-state index contributed by atoms with van der Waals surface area (Å²) in [7, 11) is 3.41. The quantitative estimate of drug-likeness (QED) is 0.198. The summed E-state index contributed by atoms with van der Waals surface area (Å²) in [6.45, 7) is 10.4. The number of likely N-dealkylation sites (N-methyl/N-ethyl adjacent to an activating group) is 1. The Morgan fingerprint density at radius 1 is 0.933 bits per heavy atom. The van der Waals surface area contributed by atoms with E-state index in [2.05, 4.69) is 47.6 Å². The zero-order chi connectivity index (χ0) is 32.7. The average Bonchev–Trinajstić information content (AvgIpc) is 3.01. The van der Waals surface area contributed by atoms with Gasteiger partial charge in [0.05, 0.1) is 24.2 Å². The minimum absolute atomic E-state index is 0.0990. The molecule has 0 spiro atoms. The molecule has 0 bridgehead atoms. The normalized spacial score (nSPS) is 18.4. The second-order valence-electron chi connectivity index (χ2n) is 13.4. The third-order valence-electron chi connectivity index (χ3n) is 9.30. The summed E-state index contributed by atoms with van der Waals surface area (Å²) in [6.07, 6.45) is 7.57. The largest absolute Gasteiger partial charge is 0.466 e. The standard InChI is InChI=1S/C38H50N2O5/c1-25-33(36(42)44-7)35(31-20-14-19-30(23-31)27(3)41)34(26(2)39-25)37(43)45-38(4,5)24-40(6)22-21-32(28-15-10-8-11-16-28)29-17-12-9-13-18-29/h8,10-11,14-16,19-20,23,29,32,35,39H,9,12-13,17-18,21-22,24H2,1-7H3. The van der Waals surface area contributed by atoms with Crippen LogP contribution in [0.5, 0.6) is 0 Å². The molecule has 0 radical (unpaired) electrons. The van der Waals surface area contributed by atoms with Gasteiger partial charge in [-0.2, -0.15) is 0 Å². The van der Waals surface area contributed by atoms with E-state index in [0.29, 0.717) is 52.0 Å². The number of Topliss-reactive ketones (excluding diaryl/α,β-unsaturated/α-hetero) is 1. The maximum atomic E-state index is 14.0. The van der Waals surface area contributed by atoms with Gasteiger partial charge in [-0.1, -0.05) is 67.8 Å². The predicted molar refractivity (Wildman–Crippen MR) is 178 cm³/mol. The van der Waals surface area contributed by atoms with Crippen molar-refractivity contribution in [1.29, 1.82) is 0 Å². The molecule has 7 heteroatoms. The minimum Gasteiger partial charge on any atom is -0.466 e. The summed E-state index contributed by atoms with van der Waals surface area (Å²) >= 11 is 0. The van der Waals surface area contributed by atoms with Crippen LogP contribution in [0.2, 0.25) is 0 Å². The van der Waals surface area contributed by atoms with E-state index in [0.717, 1.165) is 13.0 Å². The number of methoxy groups -OCH3 is 1. The van der Waals surface area contributed by atoms with Crippen LogP contribution < -0.4 is 5.32 Å². The van der Waals surface area contributed by atoms with E-state index >= 15 is 0 Å². The molecule has 2 unspecified atom stereocenters. The Morgan fingerprint density at radius 3 is 2.20 bits per heavy atom. The smallest absolute Gasteiger partial charge is 0.337 e. The van der Waals surface area contributed by atoms with Gasteiger partial charge in [0.2, 0.25) is 0 Å². The van der Waals surface area contributed by atoms with Gasteiger partial charge in [-0.3, -0.25) is 4.79 Å². The van der Waals surface area contributed by atoms with E-state index in [1.807, 2.05) is 26.8 Å². The van der Waals surface area contributed by atoms with Gasteiger partial charge in [-0.15, -0.1) is 0 Å².